The Bertz CT molecular complexity index is 403. The molecule has 3 nitrogen and oxygen atoms in total. The van der Waals surface area contributed by atoms with Crippen LogP contribution in [-0.4, -0.2) is 43.2 Å². The Morgan fingerprint density at radius 2 is 1.89 bits per heavy atom. The van der Waals surface area contributed by atoms with E-state index >= 15 is 0 Å². The van der Waals surface area contributed by atoms with Gasteiger partial charge < -0.3 is 15.0 Å². The average Bonchev–Trinajstić information content (AvgIpc) is 2.44. The van der Waals surface area contributed by atoms with Crippen molar-refractivity contribution in [2.45, 2.75) is 31.4 Å². The van der Waals surface area contributed by atoms with Crippen LogP contribution in [0.5, 0.6) is 5.75 Å². The molecule has 2 fully saturated rings. The second-order valence-electron chi connectivity index (χ2n) is 5.49. The molecule has 4 heteroatoms. The van der Waals surface area contributed by atoms with Crippen LogP contribution in [0.15, 0.2) is 24.3 Å². The van der Waals surface area contributed by atoms with Crippen LogP contribution >= 0.6 is 0 Å². The second-order valence-corrected chi connectivity index (χ2v) is 5.49. The molecule has 1 N–H and O–H groups in total. The van der Waals surface area contributed by atoms with E-state index in [-0.39, 0.29) is 11.9 Å². The number of nitrogens with zero attached hydrogens (tertiary/aromatic N) is 1. The van der Waals surface area contributed by atoms with Crippen molar-refractivity contribution in [3.8, 4) is 5.75 Å². The monoisotopic (exact) mass is 264 g/mol. The van der Waals surface area contributed by atoms with E-state index in [1.165, 1.54) is 44.5 Å². The van der Waals surface area contributed by atoms with Crippen LogP contribution in [0.3, 0.4) is 0 Å². The third-order valence-electron chi connectivity index (χ3n) is 4.03. The van der Waals surface area contributed by atoms with Crippen LogP contribution < -0.4 is 10.1 Å². The lowest BCUT2D eigenvalue weighted by atomic mass is 10.0. The lowest BCUT2D eigenvalue weighted by Gasteiger charge is -2.41. The number of nitrogens with one attached hydrogen (secondary N) is 1. The molecule has 0 spiro atoms. The van der Waals surface area contributed by atoms with E-state index in [9.17, 15) is 4.39 Å². The Morgan fingerprint density at radius 3 is 2.53 bits per heavy atom. The van der Waals surface area contributed by atoms with Crippen molar-refractivity contribution in [1.29, 1.82) is 0 Å². The molecule has 0 saturated carbocycles. The largest absolute Gasteiger partial charge is 0.487 e. The quantitative estimate of drug-likeness (QED) is 0.900. The number of rotatable bonds is 4. The van der Waals surface area contributed by atoms with Crippen LogP contribution in [0.2, 0.25) is 0 Å². The maximum absolute atomic E-state index is 12.8. The Kier molecular flexibility index (Phi) is 3.99. The predicted molar refractivity (Wildman–Crippen MR) is 72.9 cm³/mol. The van der Waals surface area contributed by atoms with Crippen LogP contribution in [0.25, 0.3) is 0 Å². The highest BCUT2D eigenvalue weighted by atomic mass is 19.1. The molecule has 19 heavy (non-hydrogen) atoms. The van der Waals surface area contributed by atoms with Gasteiger partial charge in [-0.15, -0.1) is 0 Å². The number of likely N-dealkylation sites (tertiary alicyclic amines) is 1. The van der Waals surface area contributed by atoms with Gasteiger partial charge in [-0.05, 0) is 50.2 Å². The topological polar surface area (TPSA) is 24.5 Å². The molecular weight excluding hydrogens is 243 g/mol. The first-order valence-corrected chi connectivity index (χ1v) is 7.19. The van der Waals surface area contributed by atoms with E-state index < -0.39 is 0 Å². The Morgan fingerprint density at radius 1 is 1.16 bits per heavy atom. The number of hydrogen-bond acceptors (Lipinski definition) is 3. The highest BCUT2D eigenvalue weighted by Crippen LogP contribution is 2.19. The minimum atomic E-state index is -0.219. The molecule has 2 aliphatic rings. The molecule has 0 aromatic heterocycles. The van der Waals surface area contributed by atoms with Gasteiger partial charge in [-0.2, -0.15) is 0 Å². The van der Waals surface area contributed by atoms with Crippen LogP contribution in [0, 0.1) is 5.82 Å². The lowest BCUT2D eigenvalue weighted by molar-refractivity contribution is 0.0551. The number of ether oxygens (including phenoxy) is 1. The van der Waals surface area contributed by atoms with E-state index in [2.05, 4.69) is 10.2 Å². The summed E-state index contributed by atoms with van der Waals surface area (Å²) in [6, 6.07) is 6.70. The fourth-order valence-corrected chi connectivity index (χ4v) is 2.79. The number of halogens is 1. The molecule has 0 amide bonds. The third kappa shape index (κ3) is 3.25. The maximum Gasteiger partial charge on any atom is 0.128 e. The van der Waals surface area contributed by atoms with Crippen molar-refractivity contribution < 1.29 is 9.13 Å². The Labute approximate surface area is 113 Å². The highest BCUT2D eigenvalue weighted by Gasteiger charge is 2.33. The number of benzene rings is 1. The number of piperidine rings is 1. The van der Waals surface area contributed by atoms with Gasteiger partial charge in [0.15, 0.2) is 0 Å². The van der Waals surface area contributed by atoms with E-state index in [0.29, 0.717) is 6.04 Å². The third-order valence-corrected chi connectivity index (χ3v) is 4.03. The summed E-state index contributed by atoms with van der Waals surface area (Å²) in [5, 5.41) is 3.43. The van der Waals surface area contributed by atoms with Crippen molar-refractivity contribution >= 4 is 0 Å². The SMILES string of the molecule is Fc1ccc(O[C@@H]2CN[C@@H]2CN2CCCCC2)cc1. The molecule has 2 aliphatic heterocycles. The molecule has 2 saturated heterocycles. The molecule has 0 aliphatic carbocycles. The van der Waals surface area contributed by atoms with Gasteiger partial charge in [0, 0.05) is 13.1 Å². The van der Waals surface area contributed by atoms with Crippen LogP contribution in [0.4, 0.5) is 4.39 Å². The minimum Gasteiger partial charge on any atom is -0.487 e. The van der Waals surface area contributed by atoms with E-state index in [4.69, 9.17) is 4.74 Å². The predicted octanol–water partition coefficient (Wildman–Crippen LogP) is 2.03. The summed E-state index contributed by atoms with van der Waals surface area (Å²) in [7, 11) is 0. The summed E-state index contributed by atoms with van der Waals surface area (Å²) in [4.78, 5) is 2.52. The van der Waals surface area contributed by atoms with Gasteiger partial charge in [0.25, 0.3) is 0 Å². The molecule has 0 unspecified atom stereocenters. The Hall–Kier alpha value is -1.13. The summed E-state index contributed by atoms with van der Waals surface area (Å²) < 4.78 is 18.7. The van der Waals surface area contributed by atoms with Crippen LogP contribution in [-0.2, 0) is 0 Å². The first-order valence-electron chi connectivity index (χ1n) is 7.19. The molecule has 1 aromatic rings. The fraction of sp³-hybridized carbons (Fsp3) is 0.600. The number of hydrogen-bond donors (Lipinski definition) is 1. The normalized spacial score (nSPS) is 27.8. The zero-order chi connectivity index (χ0) is 13.1. The molecular formula is C15H21FN2O. The minimum absolute atomic E-state index is 0.215. The molecule has 2 heterocycles. The Balaban J connectivity index is 1.50. The zero-order valence-electron chi connectivity index (χ0n) is 11.1. The molecule has 104 valence electrons. The summed E-state index contributed by atoms with van der Waals surface area (Å²) in [5.41, 5.74) is 0. The highest BCUT2D eigenvalue weighted by molar-refractivity contribution is 5.23. The van der Waals surface area contributed by atoms with Gasteiger partial charge in [0.2, 0.25) is 0 Å². The van der Waals surface area contributed by atoms with Gasteiger partial charge >= 0.3 is 0 Å². The first kappa shape index (κ1) is 12.9. The van der Waals surface area contributed by atoms with Gasteiger partial charge in [-0.25, -0.2) is 4.39 Å². The van der Waals surface area contributed by atoms with Crippen molar-refractivity contribution in [3.63, 3.8) is 0 Å². The molecule has 2 atom stereocenters. The van der Waals surface area contributed by atoms with Crippen molar-refractivity contribution in [2.75, 3.05) is 26.2 Å². The summed E-state index contributed by atoms with van der Waals surface area (Å²) in [5.74, 6) is 0.542. The first-order chi connectivity index (χ1) is 9.31. The summed E-state index contributed by atoms with van der Waals surface area (Å²) >= 11 is 0. The lowest BCUT2D eigenvalue weighted by Crippen LogP contribution is -2.64. The van der Waals surface area contributed by atoms with E-state index in [1.54, 1.807) is 12.1 Å². The average molecular weight is 264 g/mol. The van der Waals surface area contributed by atoms with E-state index in [0.717, 1.165) is 18.8 Å². The molecule has 1 aromatic carbocycles. The molecule has 3 rings (SSSR count). The summed E-state index contributed by atoms with van der Waals surface area (Å²) in [6.07, 6.45) is 4.21. The maximum atomic E-state index is 12.8. The van der Waals surface area contributed by atoms with Crippen molar-refractivity contribution in [2.24, 2.45) is 0 Å². The summed E-state index contributed by atoms with van der Waals surface area (Å²) in [6.45, 7) is 4.37. The van der Waals surface area contributed by atoms with Crippen LogP contribution in [0.1, 0.15) is 19.3 Å². The van der Waals surface area contributed by atoms with Crippen molar-refractivity contribution in [3.05, 3.63) is 30.1 Å². The smallest absolute Gasteiger partial charge is 0.128 e. The van der Waals surface area contributed by atoms with Gasteiger partial charge in [-0.1, -0.05) is 6.42 Å². The van der Waals surface area contributed by atoms with Gasteiger partial charge in [0.1, 0.15) is 17.7 Å². The zero-order valence-corrected chi connectivity index (χ0v) is 11.1. The van der Waals surface area contributed by atoms with E-state index in [1.807, 2.05) is 0 Å². The standard InChI is InChI=1S/C15H21FN2O/c16-12-4-6-13(7-5-12)19-15-10-17-14(15)11-18-8-2-1-3-9-18/h4-7,14-15,17H,1-3,8-11H2/t14-,15-/m1/s1. The fourth-order valence-electron chi connectivity index (χ4n) is 2.79. The second kappa shape index (κ2) is 5.88. The molecule has 0 bridgehead atoms. The molecule has 0 radical (unpaired) electrons. The van der Waals surface area contributed by atoms with Gasteiger partial charge in [0.05, 0.1) is 6.04 Å². The van der Waals surface area contributed by atoms with Gasteiger partial charge in [-0.3, -0.25) is 0 Å². The van der Waals surface area contributed by atoms with Crippen molar-refractivity contribution in [1.82, 2.24) is 10.2 Å².